The molecule has 4 nitrogen and oxygen atoms in total. The van der Waals surface area contributed by atoms with Gasteiger partial charge in [-0.2, -0.15) is 0 Å². The Hall–Kier alpha value is -1.44. The van der Waals surface area contributed by atoms with Crippen molar-refractivity contribution in [3.63, 3.8) is 0 Å². The fraction of sp³-hybridized carbons (Fsp3) is 0. The maximum Gasteiger partial charge on any atom is 0.336 e. The molecule has 1 aromatic carbocycles. The summed E-state index contributed by atoms with van der Waals surface area (Å²) in [6, 6.07) is 7.18. The Morgan fingerprint density at radius 1 is 1.30 bits per heavy atom. The molecule has 20 heavy (non-hydrogen) atoms. The summed E-state index contributed by atoms with van der Waals surface area (Å²) in [6.07, 6.45) is 1.52. The largest absolute Gasteiger partial charge is 0.478 e. The Balaban J connectivity index is 2.01. The highest BCUT2D eigenvalue weighted by atomic mass is 79.9. The van der Waals surface area contributed by atoms with Crippen LogP contribution < -0.4 is 0 Å². The number of carboxylic acid groups (broad SMARTS) is 1. The summed E-state index contributed by atoms with van der Waals surface area (Å²) in [5.41, 5.74) is 1.15. The minimum atomic E-state index is -0.955. The topological polar surface area (TPSA) is 63.1 Å². The molecule has 0 bridgehead atoms. The number of nitrogens with zero attached hydrogens (tertiary/aromatic N) is 2. The Labute approximate surface area is 131 Å². The van der Waals surface area contributed by atoms with Gasteiger partial charge in [-0.25, -0.2) is 14.8 Å². The monoisotopic (exact) mass is 366 g/mol. The van der Waals surface area contributed by atoms with Gasteiger partial charge in [0.05, 0.1) is 15.8 Å². The number of aromatic carboxylic acids is 1. The molecular formula is C13H7BrN2O2S2. The summed E-state index contributed by atoms with van der Waals surface area (Å²) < 4.78 is 1.58. The molecule has 2 aromatic heterocycles. The zero-order valence-corrected chi connectivity index (χ0v) is 13.1. The minimum Gasteiger partial charge on any atom is -0.478 e. The predicted octanol–water partition coefficient (Wildman–Crippen LogP) is 4.30. The second-order valence-electron chi connectivity index (χ2n) is 3.86. The van der Waals surface area contributed by atoms with E-state index >= 15 is 0 Å². The molecule has 0 spiro atoms. The van der Waals surface area contributed by atoms with E-state index in [4.69, 9.17) is 5.11 Å². The highest BCUT2D eigenvalue weighted by Gasteiger charge is 2.12. The van der Waals surface area contributed by atoms with Crippen molar-refractivity contribution >= 4 is 55.2 Å². The van der Waals surface area contributed by atoms with Crippen molar-refractivity contribution in [2.45, 2.75) is 9.92 Å². The normalized spacial score (nSPS) is 10.8. The number of hydrogen-bond acceptors (Lipinski definition) is 5. The quantitative estimate of drug-likeness (QED) is 0.700. The van der Waals surface area contributed by atoms with Gasteiger partial charge in [0.25, 0.3) is 0 Å². The van der Waals surface area contributed by atoms with Crippen molar-refractivity contribution in [2.75, 3.05) is 0 Å². The predicted molar refractivity (Wildman–Crippen MR) is 82.6 cm³/mol. The molecule has 100 valence electrons. The van der Waals surface area contributed by atoms with E-state index in [0.717, 1.165) is 20.1 Å². The molecule has 0 unspecified atom stereocenters. The summed E-state index contributed by atoms with van der Waals surface area (Å²) in [6.45, 7) is 0. The third-order valence-corrected chi connectivity index (χ3v) is 5.32. The highest BCUT2D eigenvalue weighted by Crippen LogP contribution is 2.35. The van der Waals surface area contributed by atoms with Crippen LogP contribution in [-0.4, -0.2) is 21.0 Å². The van der Waals surface area contributed by atoms with Crippen LogP contribution in [0.15, 0.2) is 50.4 Å². The van der Waals surface area contributed by atoms with E-state index in [9.17, 15) is 4.79 Å². The van der Waals surface area contributed by atoms with Crippen molar-refractivity contribution in [2.24, 2.45) is 0 Å². The lowest BCUT2D eigenvalue weighted by Crippen LogP contribution is -1.97. The summed E-state index contributed by atoms with van der Waals surface area (Å²) in [5.74, 6) is -0.955. The molecular weight excluding hydrogens is 360 g/mol. The van der Waals surface area contributed by atoms with Gasteiger partial charge in [-0.3, -0.25) is 0 Å². The standard InChI is InChI=1S/C13H7BrN2O2S2/c14-9-2-1-7(5-8(9)13(17)18)20-12-11-10(3-4-19-11)15-6-16-12/h1-6H,(H,17,18). The van der Waals surface area contributed by atoms with Crippen LogP contribution >= 0.6 is 39.0 Å². The Bertz CT molecular complexity index is 804. The average molecular weight is 367 g/mol. The SMILES string of the molecule is O=C(O)c1cc(Sc2ncnc3ccsc23)ccc1Br. The zero-order valence-electron chi connectivity index (χ0n) is 9.91. The molecule has 0 atom stereocenters. The third-order valence-electron chi connectivity index (χ3n) is 2.59. The molecule has 0 radical (unpaired) electrons. The van der Waals surface area contributed by atoms with Crippen molar-refractivity contribution in [1.29, 1.82) is 0 Å². The lowest BCUT2D eigenvalue weighted by Gasteiger charge is -2.04. The van der Waals surface area contributed by atoms with Crippen LogP contribution in [0, 0.1) is 0 Å². The average Bonchev–Trinajstić information content (AvgIpc) is 2.90. The van der Waals surface area contributed by atoms with Gasteiger partial charge >= 0.3 is 5.97 Å². The van der Waals surface area contributed by atoms with E-state index in [1.54, 1.807) is 23.5 Å². The first-order valence-corrected chi connectivity index (χ1v) is 8.03. The number of carbonyl (C=O) groups is 1. The number of fused-ring (bicyclic) bond motifs is 1. The number of carboxylic acids is 1. The molecule has 0 aliphatic heterocycles. The van der Waals surface area contributed by atoms with E-state index < -0.39 is 5.97 Å². The fourth-order valence-electron chi connectivity index (χ4n) is 1.68. The summed E-state index contributed by atoms with van der Waals surface area (Å²) in [4.78, 5) is 20.4. The zero-order chi connectivity index (χ0) is 14.1. The van der Waals surface area contributed by atoms with Crippen LogP contribution in [0.2, 0.25) is 0 Å². The van der Waals surface area contributed by atoms with Crippen LogP contribution in [-0.2, 0) is 0 Å². The van der Waals surface area contributed by atoms with Gasteiger partial charge in [-0.1, -0.05) is 11.8 Å². The Kier molecular flexibility index (Phi) is 3.73. The molecule has 3 rings (SSSR count). The number of rotatable bonds is 3. The molecule has 0 aliphatic rings. The van der Waals surface area contributed by atoms with Gasteiger partial charge in [0.1, 0.15) is 11.4 Å². The molecule has 0 amide bonds. The summed E-state index contributed by atoms with van der Waals surface area (Å²) in [7, 11) is 0. The molecule has 0 saturated carbocycles. The van der Waals surface area contributed by atoms with E-state index in [0.29, 0.717) is 4.47 Å². The Morgan fingerprint density at radius 2 is 2.15 bits per heavy atom. The lowest BCUT2D eigenvalue weighted by molar-refractivity contribution is 0.0695. The van der Waals surface area contributed by atoms with Crippen LogP contribution in [0.5, 0.6) is 0 Å². The number of thiophene rings is 1. The lowest BCUT2D eigenvalue weighted by atomic mass is 10.2. The van der Waals surface area contributed by atoms with Crippen LogP contribution in [0.4, 0.5) is 0 Å². The maximum atomic E-state index is 11.1. The van der Waals surface area contributed by atoms with Crippen molar-refractivity contribution in [1.82, 2.24) is 9.97 Å². The first-order chi connectivity index (χ1) is 9.65. The van der Waals surface area contributed by atoms with Gasteiger partial charge in [0.2, 0.25) is 0 Å². The molecule has 0 fully saturated rings. The van der Waals surface area contributed by atoms with Gasteiger partial charge < -0.3 is 5.11 Å². The summed E-state index contributed by atoms with van der Waals surface area (Å²) in [5, 5.41) is 11.9. The minimum absolute atomic E-state index is 0.242. The Morgan fingerprint density at radius 3 is 2.95 bits per heavy atom. The van der Waals surface area contributed by atoms with Gasteiger partial charge in [-0.15, -0.1) is 11.3 Å². The smallest absolute Gasteiger partial charge is 0.336 e. The number of aromatic nitrogens is 2. The van der Waals surface area contributed by atoms with Gasteiger partial charge in [0, 0.05) is 9.37 Å². The number of hydrogen-bond donors (Lipinski definition) is 1. The van der Waals surface area contributed by atoms with E-state index in [2.05, 4.69) is 25.9 Å². The molecule has 0 aliphatic carbocycles. The highest BCUT2D eigenvalue weighted by molar-refractivity contribution is 9.10. The van der Waals surface area contributed by atoms with Crippen molar-refractivity contribution in [3.8, 4) is 0 Å². The molecule has 0 saturated heterocycles. The first kappa shape index (κ1) is 13.5. The van der Waals surface area contributed by atoms with Gasteiger partial charge in [0.15, 0.2) is 0 Å². The van der Waals surface area contributed by atoms with E-state index in [1.165, 1.54) is 18.1 Å². The number of benzene rings is 1. The van der Waals surface area contributed by atoms with Crippen molar-refractivity contribution < 1.29 is 9.90 Å². The van der Waals surface area contributed by atoms with Crippen LogP contribution in [0.1, 0.15) is 10.4 Å². The molecule has 7 heteroatoms. The van der Waals surface area contributed by atoms with E-state index in [1.807, 2.05) is 17.5 Å². The first-order valence-electron chi connectivity index (χ1n) is 5.54. The second-order valence-corrected chi connectivity index (χ2v) is 6.70. The van der Waals surface area contributed by atoms with Crippen molar-refractivity contribution in [3.05, 3.63) is 46.0 Å². The number of halogens is 1. The second kappa shape index (κ2) is 5.51. The fourth-order valence-corrected chi connectivity index (χ4v) is 3.93. The third kappa shape index (κ3) is 2.56. The van der Waals surface area contributed by atoms with Crippen LogP contribution in [0.25, 0.3) is 10.2 Å². The maximum absolute atomic E-state index is 11.1. The molecule has 2 heterocycles. The molecule has 1 N–H and O–H groups in total. The summed E-state index contributed by atoms with van der Waals surface area (Å²) >= 11 is 6.25. The molecule has 3 aromatic rings. The van der Waals surface area contributed by atoms with Crippen LogP contribution in [0.3, 0.4) is 0 Å². The van der Waals surface area contributed by atoms with Gasteiger partial charge in [-0.05, 0) is 45.6 Å². The van der Waals surface area contributed by atoms with E-state index in [-0.39, 0.29) is 5.56 Å².